The molecule has 0 aromatic carbocycles. The van der Waals surface area contributed by atoms with Gasteiger partial charge >= 0.3 is 0 Å². The standard InChI is InChI=1S/C10H7Cl6NO/c1-3(18)17-2-4-7(17)9(14)6(12)5(11)8(4,13)10(9,15)16/h4,7H,2H2,1H3/t4-,7+,8-,9-/m1/s1. The molecule has 0 spiro atoms. The molecule has 100 valence electrons. The Labute approximate surface area is 134 Å². The van der Waals surface area contributed by atoms with Crippen LogP contribution in [0.4, 0.5) is 0 Å². The summed E-state index contributed by atoms with van der Waals surface area (Å²) in [4.78, 5) is 10.5. The highest BCUT2D eigenvalue weighted by Crippen LogP contribution is 2.77. The van der Waals surface area contributed by atoms with Crippen LogP contribution >= 0.6 is 69.6 Å². The summed E-state index contributed by atoms with van der Waals surface area (Å²) in [6, 6.07) is -0.417. The number of carbonyl (C=O) groups is 1. The number of nitrogens with zero attached hydrogens (tertiary/aromatic N) is 1. The molecule has 2 fully saturated rings. The van der Waals surface area contributed by atoms with Crippen molar-refractivity contribution in [2.45, 2.75) is 27.0 Å². The van der Waals surface area contributed by atoms with Gasteiger partial charge in [-0.2, -0.15) is 0 Å². The van der Waals surface area contributed by atoms with Gasteiger partial charge in [0, 0.05) is 19.4 Å². The largest absolute Gasteiger partial charge is 0.337 e. The molecule has 0 radical (unpaired) electrons. The highest BCUT2D eigenvalue weighted by atomic mass is 35.5. The van der Waals surface area contributed by atoms with Crippen molar-refractivity contribution in [3.63, 3.8) is 0 Å². The second-order valence-electron chi connectivity index (χ2n) is 4.85. The molecular weight excluding hydrogens is 363 g/mol. The van der Waals surface area contributed by atoms with Crippen molar-refractivity contribution in [3.8, 4) is 0 Å². The van der Waals surface area contributed by atoms with Gasteiger partial charge in [-0.1, -0.05) is 46.4 Å². The van der Waals surface area contributed by atoms with Crippen LogP contribution in [-0.2, 0) is 4.79 Å². The molecule has 3 aliphatic rings. The first kappa shape index (κ1) is 13.9. The highest BCUT2D eigenvalue weighted by Gasteiger charge is 2.86. The number of amides is 1. The van der Waals surface area contributed by atoms with Crippen LogP contribution in [0.2, 0.25) is 0 Å². The van der Waals surface area contributed by atoms with E-state index in [1.807, 2.05) is 0 Å². The van der Waals surface area contributed by atoms with E-state index in [0.717, 1.165) is 0 Å². The van der Waals surface area contributed by atoms with E-state index < -0.39 is 20.1 Å². The molecule has 0 unspecified atom stereocenters. The molecule has 18 heavy (non-hydrogen) atoms. The Hall–Kier alpha value is 0.950. The Morgan fingerprint density at radius 1 is 1.17 bits per heavy atom. The summed E-state index contributed by atoms with van der Waals surface area (Å²) < 4.78 is -1.54. The van der Waals surface area contributed by atoms with Crippen molar-refractivity contribution in [1.29, 1.82) is 0 Å². The maximum absolute atomic E-state index is 11.5. The summed E-state index contributed by atoms with van der Waals surface area (Å²) >= 11 is 38.1. The third-order valence-electron chi connectivity index (χ3n) is 4.18. The number of alkyl halides is 4. The number of halogens is 6. The lowest BCUT2D eigenvalue weighted by atomic mass is 9.79. The lowest BCUT2D eigenvalue weighted by Crippen LogP contribution is -2.66. The molecule has 0 aromatic rings. The van der Waals surface area contributed by atoms with Gasteiger partial charge in [0.1, 0.15) is 9.75 Å². The zero-order valence-electron chi connectivity index (χ0n) is 8.99. The van der Waals surface area contributed by atoms with E-state index >= 15 is 0 Å². The number of likely N-dealkylation sites (tertiary alicyclic amines) is 1. The summed E-state index contributed by atoms with van der Waals surface area (Å²) in [6.07, 6.45) is 0. The normalized spacial score (nSPS) is 48.3. The average Bonchev–Trinajstić information content (AvgIpc) is 2.36. The van der Waals surface area contributed by atoms with Crippen molar-refractivity contribution < 1.29 is 4.79 Å². The molecule has 8 heteroatoms. The minimum atomic E-state index is -1.54. The summed E-state index contributed by atoms with van der Waals surface area (Å²) in [5.74, 6) is -0.306. The van der Waals surface area contributed by atoms with Crippen LogP contribution < -0.4 is 0 Å². The maximum atomic E-state index is 11.5. The highest BCUT2D eigenvalue weighted by molar-refractivity contribution is 6.66. The van der Waals surface area contributed by atoms with Crippen molar-refractivity contribution in [2.75, 3.05) is 6.54 Å². The first-order valence-corrected chi connectivity index (χ1v) is 7.47. The number of hydrogen-bond acceptors (Lipinski definition) is 1. The van der Waals surface area contributed by atoms with E-state index in [-0.39, 0.29) is 21.9 Å². The maximum Gasteiger partial charge on any atom is 0.219 e. The van der Waals surface area contributed by atoms with Crippen molar-refractivity contribution in [2.24, 2.45) is 5.92 Å². The van der Waals surface area contributed by atoms with Crippen molar-refractivity contribution >= 4 is 75.5 Å². The van der Waals surface area contributed by atoms with Gasteiger partial charge in [0.15, 0.2) is 4.33 Å². The quantitative estimate of drug-likeness (QED) is 0.596. The minimum absolute atomic E-state index is 0.117. The van der Waals surface area contributed by atoms with E-state index in [0.29, 0.717) is 6.54 Å². The Bertz CT molecular complexity index is 505. The molecule has 1 heterocycles. The molecule has 1 saturated heterocycles. The zero-order valence-corrected chi connectivity index (χ0v) is 13.5. The predicted octanol–water partition coefficient (Wildman–Crippen LogP) is 3.68. The topological polar surface area (TPSA) is 20.3 Å². The van der Waals surface area contributed by atoms with Gasteiger partial charge in [0.2, 0.25) is 5.91 Å². The Balaban J connectivity index is 2.20. The first-order valence-electron chi connectivity index (χ1n) is 5.20. The Morgan fingerprint density at radius 3 is 2.17 bits per heavy atom. The SMILES string of the molecule is CC(=O)N1C[C@@H]2[C@H]1[C@]1(Cl)C(Cl)=C(Cl)[C@@]2(Cl)C1(Cl)Cl. The van der Waals surface area contributed by atoms with Crippen LogP contribution in [0.5, 0.6) is 0 Å². The van der Waals surface area contributed by atoms with E-state index in [9.17, 15) is 4.79 Å². The Morgan fingerprint density at radius 2 is 1.67 bits per heavy atom. The van der Waals surface area contributed by atoms with E-state index in [1.54, 1.807) is 4.90 Å². The molecule has 2 aliphatic carbocycles. The van der Waals surface area contributed by atoms with E-state index in [2.05, 4.69) is 0 Å². The smallest absolute Gasteiger partial charge is 0.219 e. The van der Waals surface area contributed by atoms with Crippen LogP contribution in [0.15, 0.2) is 10.1 Å². The van der Waals surface area contributed by atoms with Gasteiger partial charge in [-0.05, 0) is 0 Å². The van der Waals surface area contributed by atoms with Crippen LogP contribution in [0, 0.1) is 5.92 Å². The number of fused-ring (bicyclic) bond motifs is 5. The van der Waals surface area contributed by atoms with Gasteiger partial charge in [-0.3, -0.25) is 4.79 Å². The Kier molecular flexibility index (Phi) is 2.77. The molecule has 4 atom stereocenters. The average molecular weight is 370 g/mol. The third kappa shape index (κ3) is 1.09. The van der Waals surface area contributed by atoms with Gasteiger partial charge in [-0.15, -0.1) is 23.2 Å². The summed E-state index contributed by atoms with van der Waals surface area (Å²) in [5.41, 5.74) is 0. The molecule has 1 amide bonds. The fourth-order valence-electron chi connectivity index (χ4n) is 3.24. The fraction of sp³-hybridized carbons (Fsp3) is 0.700. The van der Waals surface area contributed by atoms with Crippen LogP contribution in [0.25, 0.3) is 0 Å². The van der Waals surface area contributed by atoms with Crippen LogP contribution in [0.1, 0.15) is 6.92 Å². The lowest BCUT2D eigenvalue weighted by molar-refractivity contribution is -0.141. The summed E-state index contributed by atoms with van der Waals surface area (Å²) in [7, 11) is 0. The minimum Gasteiger partial charge on any atom is -0.337 e. The zero-order chi connectivity index (χ0) is 13.7. The molecule has 0 N–H and O–H groups in total. The number of carbonyl (C=O) groups excluding carboxylic acids is 1. The van der Waals surface area contributed by atoms with Gasteiger partial charge in [0.25, 0.3) is 0 Å². The fourth-order valence-corrected chi connectivity index (χ4v) is 6.23. The summed E-state index contributed by atoms with van der Waals surface area (Å²) in [5, 5.41) is 0.327. The summed E-state index contributed by atoms with van der Waals surface area (Å²) in [6.45, 7) is 1.88. The van der Waals surface area contributed by atoms with E-state index in [4.69, 9.17) is 69.6 Å². The first-order chi connectivity index (χ1) is 8.11. The van der Waals surface area contributed by atoms with Crippen LogP contribution in [0.3, 0.4) is 0 Å². The van der Waals surface area contributed by atoms with Gasteiger partial charge in [-0.25, -0.2) is 0 Å². The molecule has 3 rings (SSSR count). The van der Waals surface area contributed by atoms with Gasteiger partial charge in [0.05, 0.1) is 16.1 Å². The van der Waals surface area contributed by atoms with Crippen LogP contribution in [-0.4, -0.2) is 37.5 Å². The lowest BCUT2D eigenvalue weighted by Gasteiger charge is -2.52. The number of allylic oxidation sites excluding steroid dienone is 1. The molecule has 2 nitrogen and oxygen atoms in total. The van der Waals surface area contributed by atoms with Gasteiger partial charge < -0.3 is 4.90 Å². The monoisotopic (exact) mass is 367 g/mol. The van der Waals surface area contributed by atoms with Crippen molar-refractivity contribution in [1.82, 2.24) is 4.90 Å². The molecule has 2 bridgehead atoms. The second kappa shape index (κ2) is 3.58. The molecule has 0 aromatic heterocycles. The van der Waals surface area contributed by atoms with Crippen molar-refractivity contribution in [3.05, 3.63) is 10.1 Å². The van der Waals surface area contributed by atoms with E-state index in [1.165, 1.54) is 6.92 Å². The molecule has 1 aliphatic heterocycles. The molecule has 1 saturated carbocycles. The molecular formula is C10H7Cl6NO. The predicted molar refractivity (Wildman–Crippen MR) is 75.0 cm³/mol. The number of hydrogen-bond donors (Lipinski definition) is 0. The second-order valence-corrected chi connectivity index (χ2v) is 8.12. The third-order valence-corrected chi connectivity index (χ3v) is 8.47. The number of rotatable bonds is 0.